The van der Waals surface area contributed by atoms with Crippen LogP contribution in [0.4, 0.5) is 5.82 Å². The fourth-order valence-corrected chi connectivity index (χ4v) is 1.53. The molecule has 0 amide bonds. The van der Waals surface area contributed by atoms with E-state index in [2.05, 4.69) is 10.9 Å². The topological polar surface area (TPSA) is 59.1 Å². The van der Waals surface area contributed by atoms with E-state index < -0.39 is 0 Å². The maximum absolute atomic E-state index is 8.81. The number of aliphatic hydroxyl groups excluding tert-OH is 1. The van der Waals surface area contributed by atoms with Crippen molar-refractivity contribution in [3.8, 4) is 12.3 Å². The summed E-state index contributed by atoms with van der Waals surface area (Å²) in [4.78, 5) is 3.91. The highest BCUT2D eigenvalue weighted by atomic mass is 35.5. The van der Waals surface area contributed by atoms with Crippen molar-refractivity contribution in [3.63, 3.8) is 0 Å². The molecule has 0 aliphatic carbocycles. The molecular formula is C10H11ClN2O. The molecule has 1 atom stereocenters. The van der Waals surface area contributed by atoms with E-state index in [9.17, 15) is 0 Å². The molecule has 74 valence electrons. The lowest BCUT2D eigenvalue weighted by Gasteiger charge is -2.12. The first-order valence-corrected chi connectivity index (χ1v) is 4.55. The van der Waals surface area contributed by atoms with Gasteiger partial charge in [0.05, 0.1) is 10.9 Å². The van der Waals surface area contributed by atoms with Crippen LogP contribution in [-0.2, 0) is 0 Å². The Labute approximate surface area is 87.9 Å². The summed E-state index contributed by atoms with van der Waals surface area (Å²) in [5.41, 5.74) is 6.29. The molecule has 0 aliphatic rings. The number of nitrogens with two attached hydrogens (primary N) is 1. The van der Waals surface area contributed by atoms with Gasteiger partial charge in [-0.2, -0.15) is 0 Å². The molecule has 0 aliphatic heterocycles. The van der Waals surface area contributed by atoms with Crippen LogP contribution in [0.15, 0.2) is 12.3 Å². The summed E-state index contributed by atoms with van der Waals surface area (Å²) in [6, 6.07) is 1.63. The van der Waals surface area contributed by atoms with Crippen molar-refractivity contribution >= 4 is 17.4 Å². The highest BCUT2D eigenvalue weighted by molar-refractivity contribution is 6.31. The van der Waals surface area contributed by atoms with E-state index in [1.807, 2.05) is 0 Å². The number of aliphatic hydroxyl groups is 1. The number of nitrogen functional groups attached to an aromatic ring is 1. The summed E-state index contributed by atoms with van der Waals surface area (Å²) in [5.74, 6) is 2.59. The predicted molar refractivity (Wildman–Crippen MR) is 56.9 cm³/mol. The van der Waals surface area contributed by atoms with E-state index in [-0.39, 0.29) is 12.5 Å². The minimum atomic E-state index is -0.277. The van der Waals surface area contributed by atoms with E-state index in [4.69, 9.17) is 28.9 Å². The second kappa shape index (κ2) is 4.85. The summed E-state index contributed by atoms with van der Waals surface area (Å²) < 4.78 is 0. The van der Waals surface area contributed by atoms with Gasteiger partial charge in [0.1, 0.15) is 5.82 Å². The van der Waals surface area contributed by atoms with Crippen molar-refractivity contribution < 1.29 is 5.11 Å². The average Bonchev–Trinajstić information content (AvgIpc) is 2.16. The minimum absolute atomic E-state index is 0.000466. The number of aromatic nitrogens is 1. The van der Waals surface area contributed by atoms with Crippen molar-refractivity contribution in [2.45, 2.75) is 12.3 Å². The maximum atomic E-state index is 8.81. The third-order valence-corrected chi connectivity index (χ3v) is 2.26. The number of nitrogens with zero attached hydrogens (tertiary/aromatic N) is 1. The fourth-order valence-electron chi connectivity index (χ4n) is 1.25. The molecule has 3 N–H and O–H groups in total. The first-order valence-electron chi connectivity index (χ1n) is 4.17. The molecule has 1 unspecified atom stereocenters. The molecule has 3 nitrogen and oxygen atoms in total. The SMILES string of the molecule is C#CC(CCO)c1c(Cl)ccnc1N. The summed E-state index contributed by atoms with van der Waals surface area (Å²) >= 11 is 5.94. The van der Waals surface area contributed by atoms with Gasteiger partial charge in [0.15, 0.2) is 0 Å². The van der Waals surface area contributed by atoms with Crippen molar-refractivity contribution in [1.29, 1.82) is 0 Å². The molecule has 0 fully saturated rings. The fraction of sp³-hybridized carbons (Fsp3) is 0.300. The van der Waals surface area contributed by atoms with Gasteiger partial charge >= 0.3 is 0 Å². The Hall–Kier alpha value is -1.24. The molecule has 1 aromatic rings. The number of hydrogen-bond donors (Lipinski definition) is 2. The smallest absolute Gasteiger partial charge is 0.129 e. The average molecular weight is 211 g/mol. The van der Waals surface area contributed by atoms with E-state index in [0.29, 0.717) is 22.8 Å². The van der Waals surface area contributed by atoms with Crippen LogP contribution in [0.5, 0.6) is 0 Å². The number of pyridine rings is 1. The lowest BCUT2D eigenvalue weighted by molar-refractivity contribution is 0.284. The Balaban J connectivity index is 3.10. The Morgan fingerprint density at radius 2 is 2.43 bits per heavy atom. The quantitative estimate of drug-likeness (QED) is 0.742. The molecule has 1 heterocycles. The number of hydrogen-bond acceptors (Lipinski definition) is 3. The summed E-state index contributed by atoms with van der Waals surface area (Å²) in [6.07, 6.45) is 7.28. The van der Waals surface area contributed by atoms with Crippen molar-refractivity contribution in [3.05, 3.63) is 22.8 Å². The van der Waals surface area contributed by atoms with Crippen LogP contribution in [0.1, 0.15) is 17.9 Å². The molecule has 1 rings (SSSR count). The highest BCUT2D eigenvalue weighted by Gasteiger charge is 2.15. The molecule has 4 heteroatoms. The van der Waals surface area contributed by atoms with Gasteiger partial charge in [0, 0.05) is 18.4 Å². The van der Waals surface area contributed by atoms with Gasteiger partial charge in [-0.25, -0.2) is 4.98 Å². The first-order chi connectivity index (χ1) is 6.70. The summed E-state index contributed by atoms with van der Waals surface area (Å²) in [5, 5.41) is 9.31. The minimum Gasteiger partial charge on any atom is -0.396 e. The normalized spacial score (nSPS) is 12.1. The lowest BCUT2D eigenvalue weighted by Crippen LogP contribution is -2.05. The molecule has 0 saturated carbocycles. The molecule has 0 saturated heterocycles. The molecule has 0 spiro atoms. The Morgan fingerprint density at radius 3 is 2.93 bits per heavy atom. The van der Waals surface area contributed by atoms with Crippen LogP contribution in [0.3, 0.4) is 0 Å². The van der Waals surface area contributed by atoms with Gasteiger partial charge < -0.3 is 10.8 Å². The van der Waals surface area contributed by atoms with Crippen molar-refractivity contribution in [1.82, 2.24) is 4.98 Å². The number of anilines is 1. The summed E-state index contributed by atoms with van der Waals surface area (Å²) in [6.45, 7) is -0.000466. The third-order valence-electron chi connectivity index (χ3n) is 1.94. The molecule has 0 bridgehead atoms. The van der Waals surface area contributed by atoms with Crippen molar-refractivity contribution in [2.24, 2.45) is 0 Å². The zero-order valence-electron chi connectivity index (χ0n) is 7.57. The van der Waals surface area contributed by atoms with Crippen LogP contribution in [0.2, 0.25) is 5.02 Å². The molecular weight excluding hydrogens is 200 g/mol. The standard InChI is InChI=1S/C10H11ClN2O/c1-2-7(4-6-14)9-8(11)3-5-13-10(9)12/h1,3,5,7,14H,4,6H2,(H2,12,13). The lowest BCUT2D eigenvalue weighted by atomic mass is 9.97. The van der Waals surface area contributed by atoms with Gasteiger partial charge in [-0.05, 0) is 12.5 Å². The third kappa shape index (κ3) is 2.16. The highest BCUT2D eigenvalue weighted by Crippen LogP contribution is 2.29. The van der Waals surface area contributed by atoms with Gasteiger partial charge in [0.2, 0.25) is 0 Å². The van der Waals surface area contributed by atoms with Crippen LogP contribution in [0.25, 0.3) is 0 Å². The van der Waals surface area contributed by atoms with Crippen molar-refractivity contribution in [2.75, 3.05) is 12.3 Å². The largest absolute Gasteiger partial charge is 0.396 e. The van der Waals surface area contributed by atoms with Crippen LogP contribution >= 0.6 is 11.6 Å². The molecule has 0 radical (unpaired) electrons. The number of rotatable bonds is 3. The predicted octanol–water partition coefficient (Wildman–Crippen LogP) is 1.42. The zero-order chi connectivity index (χ0) is 10.6. The first kappa shape index (κ1) is 10.8. The monoisotopic (exact) mass is 210 g/mol. The second-order valence-electron chi connectivity index (χ2n) is 2.82. The van der Waals surface area contributed by atoms with Crippen LogP contribution < -0.4 is 5.73 Å². The Bertz CT molecular complexity index is 339. The van der Waals surface area contributed by atoms with E-state index in [1.54, 1.807) is 6.07 Å². The molecule has 14 heavy (non-hydrogen) atoms. The van der Waals surface area contributed by atoms with E-state index >= 15 is 0 Å². The van der Waals surface area contributed by atoms with E-state index in [1.165, 1.54) is 6.20 Å². The molecule has 0 aromatic carbocycles. The maximum Gasteiger partial charge on any atom is 0.129 e. The Morgan fingerprint density at radius 1 is 1.71 bits per heavy atom. The van der Waals surface area contributed by atoms with Crippen LogP contribution in [0, 0.1) is 12.3 Å². The van der Waals surface area contributed by atoms with Gasteiger partial charge in [-0.1, -0.05) is 17.5 Å². The number of halogens is 1. The van der Waals surface area contributed by atoms with Gasteiger partial charge in [-0.3, -0.25) is 0 Å². The van der Waals surface area contributed by atoms with Gasteiger partial charge in [-0.15, -0.1) is 6.42 Å². The zero-order valence-corrected chi connectivity index (χ0v) is 8.33. The summed E-state index contributed by atoms with van der Waals surface area (Å²) in [7, 11) is 0. The van der Waals surface area contributed by atoms with E-state index in [0.717, 1.165) is 0 Å². The second-order valence-corrected chi connectivity index (χ2v) is 3.23. The molecule has 1 aromatic heterocycles. The van der Waals surface area contributed by atoms with Gasteiger partial charge in [0.25, 0.3) is 0 Å². The Kier molecular flexibility index (Phi) is 3.75. The number of terminal acetylenes is 1. The van der Waals surface area contributed by atoms with Crippen LogP contribution in [-0.4, -0.2) is 16.7 Å².